The molecule has 0 aliphatic heterocycles. The van der Waals surface area contributed by atoms with Crippen LogP contribution >= 0.6 is 11.3 Å². The zero-order chi connectivity index (χ0) is 14.9. The molecule has 3 nitrogen and oxygen atoms in total. The standard InChI is InChI=1S/C18H16N2OS/c21-17(14-9-5-7-12-6-1-2-8-13(12)14)20-18-19-15-10-3-4-11-16(15)22-18/h1-4,6,8,10-11,14H,5,7,9H2,(H,19,20,21). The number of fused-ring (bicyclic) bond motifs is 2. The number of nitrogens with one attached hydrogen (secondary N) is 1. The van der Waals surface area contributed by atoms with Gasteiger partial charge >= 0.3 is 0 Å². The first-order chi connectivity index (χ1) is 10.8. The van der Waals surface area contributed by atoms with Gasteiger partial charge in [0.1, 0.15) is 0 Å². The summed E-state index contributed by atoms with van der Waals surface area (Å²) in [5.74, 6) is 0.00293. The van der Waals surface area contributed by atoms with Crippen LogP contribution in [0.2, 0.25) is 0 Å². The Kier molecular flexibility index (Phi) is 3.39. The Balaban J connectivity index is 1.60. The molecular formula is C18H16N2OS. The molecular weight excluding hydrogens is 292 g/mol. The van der Waals surface area contributed by atoms with E-state index in [4.69, 9.17) is 0 Å². The molecule has 1 atom stereocenters. The van der Waals surface area contributed by atoms with Crippen molar-refractivity contribution in [2.24, 2.45) is 0 Å². The second-order valence-corrected chi connectivity index (χ2v) is 6.65. The maximum absolute atomic E-state index is 12.7. The van der Waals surface area contributed by atoms with Crippen LogP contribution in [0, 0.1) is 0 Å². The van der Waals surface area contributed by atoms with Gasteiger partial charge in [0.05, 0.1) is 16.1 Å². The molecule has 0 bridgehead atoms. The Morgan fingerprint density at radius 2 is 1.95 bits per heavy atom. The fourth-order valence-electron chi connectivity index (χ4n) is 3.14. The van der Waals surface area contributed by atoms with Gasteiger partial charge in [-0.15, -0.1) is 0 Å². The fraction of sp³-hybridized carbons (Fsp3) is 0.222. The fourth-order valence-corrected chi connectivity index (χ4v) is 4.01. The lowest BCUT2D eigenvalue weighted by Crippen LogP contribution is -2.24. The summed E-state index contributed by atoms with van der Waals surface area (Å²) in [5.41, 5.74) is 3.41. The van der Waals surface area contributed by atoms with Crippen LogP contribution in [0.5, 0.6) is 0 Å². The third kappa shape index (κ3) is 2.40. The molecule has 1 aromatic heterocycles. The number of aromatic nitrogens is 1. The molecule has 1 N–H and O–H groups in total. The number of rotatable bonds is 2. The van der Waals surface area contributed by atoms with Crippen molar-refractivity contribution in [2.75, 3.05) is 5.32 Å². The molecule has 2 aromatic carbocycles. The van der Waals surface area contributed by atoms with Gasteiger partial charge in [-0.3, -0.25) is 4.79 Å². The van der Waals surface area contributed by atoms with Gasteiger partial charge in [-0.1, -0.05) is 47.7 Å². The van der Waals surface area contributed by atoms with Crippen molar-refractivity contribution in [1.82, 2.24) is 4.98 Å². The molecule has 0 fully saturated rings. The Morgan fingerprint density at radius 1 is 1.14 bits per heavy atom. The number of anilines is 1. The van der Waals surface area contributed by atoms with Gasteiger partial charge in [0, 0.05) is 0 Å². The summed E-state index contributed by atoms with van der Waals surface area (Å²) in [6.07, 6.45) is 3.05. The topological polar surface area (TPSA) is 42.0 Å². The number of carbonyl (C=O) groups is 1. The molecule has 0 spiro atoms. The average Bonchev–Trinajstić information content (AvgIpc) is 2.96. The number of hydrogen-bond donors (Lipinski definition) is 1. The van der Waals surface area contributed by atoms with Gasteiger partial charge in [-0.2, -0.15) is 0 Å². The van der Waals surface area contributed by atoms with Gasteiger partial charge in [0.15, 0.2) is 5.13 Å². The highest BCUT2D eigenvalue weighted by Crippen LogP contribution is 2.33. The molecule has 0 radical (unpaired) electrons. The van der Waals surface area contributed by atoms with E-state index in [1.807, 2.05) is 36.4 Å². The zero-order valence-electron chi connectivity index (χ0n) is 12.1. The number of para-hydroxylation sites is 1. The van der Waals surface area contributed by atoms with Gasteiger partial charge in [0.25, 0.3) is 0 Å². The van der Waals surface area contributed by atoms with Crippen LogP contribution in [0.25, 0.3) is 10.2 Å². The quantitative estimate of drug-likeness (QED) is 0.764. The molecule has 1 aliphatic rings. The first-order valence-corrected chi connectivity index (χ1v) is 8.37. The van der Waals surface area contributed by atoms with Crippen LogP contribution < -0.4 is 5.32 Å². The Bertz CT molecular complexity index is 807. The molecule has 4 heteroatoms. The molecule has 1 amide bonds. The number of nitrogens with zero attached hydrogens (tertiary/aromatic N) is 1. The largest absolute Gasteiger partial charge is 0.301 e. The van der Waals surface area contributed by atoms with Crippen molar-refractivity contribution in [3.63, 3.8) is 0 Å². The summed E-state index contributed by atoms with van der Waals surface area (Å²) >= 11 is 1.53. The van der Waals surface area contributed by atoms with Gasteiger partial charge in [-0.05, 0) is 42.5 Å². The predicted octanol–water partition coefficient (Wildman–Crippen LogP) is 4.35. The summed E-state index contributed by atoms with van der Waals surface area (Å²) in [4.78, 5) is 17.2. The van der Waals surface area contributed by atoms with E-state index in [9.17, 15) is 4.79 Å². The van der Waals surface area contributed by atoms with E-state index >= 15 is 0 Å². The van der Waals surface area contributed by atoms with Crippen LogP contribution in [0.1, 0.15) is 29.9 Å². The normalized spacial score (nSPS) is 17.2. The van der Waals surface area contributed by atoms with E-state index in [1.54, 1.807) is 0 Å². The van der Waals surface area contributed by atoms with Crippen LogP contribution in [0.3, 0.4) is 0 Å². The number of carbonyl (C=O) groups excluding carboxylic acids is 1. The average molecular weight is 308 g/mol. The lowest BCUT2D eigenvalue weighted by Gasteiger charge is -2.24. The van der Waals surface area contributed by atoms with E-state index < -0.39 is 0 Å². The smallest absolute Gasteiger partial charge is 0.233 e. The minimum absolute atomic E-state index is 0.0584. The van der Waals surface area contributed by atoms with Gasteiger partial charge < -0.3 is 5.32 Å². The molecule has 1 aliphatic carbocycles. The minimum Gasteiger partial charge on any atom is -0.301 e. The highest BCUT2D eigenvalue weighted by Gasteiger charge is 2.26. The maximum atomic E-state index is 12.7. The van der Waals surface area contributed by atoms with Crippen molar-refractivity contribution < 1.29 is 4.79 Å². The first kappa shape index (κ1) is 13.5. The predicted molar refractivity (Wildman–Crippen MR) is 90.4 cm³/mol. The molecule has 22 heavy (non-hydrogen) atoms. The first-order valence-electron chi connectivity index (χ1n) is 7.55. The second-order valence-electron chi connectivity index (χ2n) is 5.62. The molecule has 0 saturated heterocycles. The number of amides is 1. The highest BCUT2D eigenvalue weighted by molar-refractivity contribution is 7.22. The lowest BCUT2D eigenvalue weighted by molar-refractivity contribution is -0.117. The van der Waals surface area contributed by atoms with Crippen LogP contribution in [-0.2, 0) is 11.2 Å². The third-order valence-corrected chi connectivity index (χ3v) is 5.16. The molecule has 1 heterocycles. The van der Waals surface area contributed by atoms with Crippen LogP contribution in [0.4, 0.5) is 5.13 Å². The summed E-state index contributed by atoms with van der Waals surface area (Å²) in [5, 5.41) is 3.70. The van der Waals surface area contributed by atoms with Gasteiger partial charge in [-0.25, -0.2) is 4.98 Å². The van der Waals surface area contributed by atoms with Crippen molar-refractivity contribution in [3.05, 3.63) is 59.7 Å². The van der Waals surface area contributed by atoms with Crippen molar-refractivity contribution in [3.8, 4) is 0 Å². The lowest BCUT2D eigenvalue weighted by atomic mass is 9.82. The zero-order valence-corrected chi connectivity index (χ0v) is 12.9. The molecule has 0 saturated carbocycles. The van der Waals surface area contributed by atoms with E-state index in [0.29, 0.717) is 5.13 Å². The Morgan fingerprint density at radius 3 is 2.86 bits per heavy atom. The van der Waals surface area contributed by atoms with Crippen molar-refractivity contribution >= 4 is 32.6 Å². The summed E-state index contributed by atoms with van der Waals surface area (Å²) in [7, 11) is 0. The molecule has 110 valence electrons. The van der Waals surface area contributed by atoms with E-state index in [2.05, 4.69) is 22.4 Å². The summed E-state index contributed by atoms with van der Waals surface area (Å²) in [6, 6.07) is 16.2. The SMILES string of the molecule is O=C(Nc1nc2ccccc2s1)C1CCCc2ccccc21. The molecule has 1 unspecified atom stereocenters. The molecule has 3 aromatic rings. The van der Waals surface area contributed by atoms with Crippen LogP contribution in [0.15, 0.2) is 48.5 Å². The van der Waals surface area contributed by atoms with Crippen molar-refractivity contribution in [1.29, 1.82) is 0 Å². The molecule has 4 rings (SSSR count). The number of aryl methyl sites for hydroxylation is 1. The van der Waals surface area contributed by atoms with Crippen molar-refractivity contribution in [2.45, 2.75) is 25.2 Å². The van der Waals surface area contributed by atoms with E-state index in [0.717, 1.165) is 29.5 Å². The number of thiazole rings is 1. The highest BCUT2D eigenvalue weighted by atomic mass is 32.1. The number of hydrogen-bond acceptors (Lipinski definition) is 3. The van der Waals surface area contributed by atoms with E-state index in [1.165, 1.54) is 22.5 Å². The summed E-state index contributed by atoms with van der Waals surface area (Å²) in [6.45, 7) is 0. The third-order valence-electron chi connectivity index (χ3n) is 4.21. The minimum atomic E-state index is -0.0584. The number of benzene rings is 2. The maximum Gasteiger partial charge on any atom is 0.233 e. The van der Waals surface area contributed by atoms with E-state index in [-0.39, 0.29) is 11.8 Å². The van der Waals surface area contributed by atoms with Gasteiger partial charge in [0.2, 0.25) is 5.91 Å². The monoisotopic (exact) mass is 308 g/mol. The second kappa shape index (κ2) is 5.54. The Labute approximate surface area is 133 Å². The Hall–Kier alpha value is -2.20. The van der Waals surface area contributed by atoms with Crippen LogP contribution in [-0.4, -0.2) is 10.9 Å². The summed E-state index contributed by atoms with van der Waals surface area (Å²) < 4.78 is 1.10.